The summed E-state index contributed by atoms with van der Waals surface area (Å²) in [6.07, 6.45) is 2.30. The molecule has 0 unspecified atom stereocenters. The van der Waals surface area contributed by atoms with Crippen LogP contribution in [0.25, 0.3) is 11.1 Å². The molecule has 0 amide bonds. The van der Waals surface area contributed by atoms with E-state index in [9.17, 15) is 13.2 Å². The first-order chi connectivity index (χ1) is 12.4. The molecule has 0 spiro atoms. The van der Waals surface area contributed by atoms with Crippen LogP contribution in [0.4, 0.5) is 0 Å². The second-order valence-corrected chi connectivity index (χ2v) is 8.18. The Bertz CT molecular complexity index is 1090. The average Bonchev–Trinajstić information content (AvgIpc) is 2.90. The minimum atomic E-state index is -3.66. The number of nitrogens with zero attached hydrogens (tertiary/aromatic N) is 1. The van der Waals surface area contributed by atoms with Gasteiger partial charge in [0.25, 0.3) is 0 Å². The summed E-state index contributed by atoms with van der Waals surface area (Å²) in [6, 6.07) is 12.0. The van der Waals surface area contributed by atoms with E-state index in [1.807, 2.05) is 24.3 Å². The monoisotopic (exact) mass is 394 g/mol. The maximum atomic E-state index is 12.4. The second-order valence-electron chi connectivity index (χ2n) is 6.00. The molecule has 0 aliphatic rings. The van der Waals surface area contributed by atoms with Crippen molar-refractivity contribution in [1.82, 2.24) is 9.29 Å². The van der Waals surface area contributed by atoms with Crippen LogP contribution in [0.15, 0.2) is 56.6 Å². The molecule has 0 bridgehead atoms. The van der Waals surface area contributed by atoms with Crippen LogP contribution < -0.4 is 10.5 Å². The van der Waals surface area contributed by atoms with Gasteiger partial charge < -0.3 is 4.42 Å². The zero-order valence-corrected chi connectivity index (χ0v) is 15.8. The van der Waals surface area contributed by atoms with Crippen molar-refractivity contribution in [2.45, 2.75) is 24.2 Å². The molecule has 26 heavy (non-hydrogen) atoms. The summed E-state index contributed by atoms with van der Waals surface area (Å²) in [6.45, 7) is 0.323. The quantitative estimate of drug-likeness (QED) is 0.624. The Hall–Kier alpha value is -2.09. The molecule has 3 aromatic rings. The predicted molar refractivity (Wildman–Crippen MR) is 101 cm³/mol. The number of aryl methyl sites for hydroxylation is 2. The number of halogens is 1. The van der Waals surface area contributed by atoms with E-state index >= 15 is 0 Å². The van der Waals surface area contributed by atoms with Crippen LogP contribution in [-0.2, 0) is 23.5 Å². The Morgan fingerprint density at radius 2 is 1.92 bits per heavy atom. The zero-order chi connectivity index (χ0) is 18.7. The molecule has 3 rings (SSSR count). The highest BCUT2D eigenvalue weighted by Gasteiger charge is 2.16. The number of aromatic nitrogens is 1. The number of benzene rings is 2. The number of hydrogen-bond donors (Lipinski definition) is 1. The van der Waals surface area contributed by atoms with Gasteiger partial charge in [0.2, 0.25) is 10.0 Å². The van der Waals surface area contributed by atoms with Crippen molar-refractivity contribution in [3.63, 3.8) is 0 Å². The van der Waals surface area contributed by atoms with Crippen molar-refractivity contribution < 1.29 is 12.8 Å². The first-order valence-corrected chi connectivity index (χ1v) is 10.1. The van der Waals surface area contributed by atoms with Gasteiger partial charge >= 0.3 is 5.76 Å². The third-order valence-corrected chi connectivity index (χ3v) is 6.02. The molecule has 138 valence electrons. The van der Waals surface area contributed by atoms with Crippen molar-refractivity contribution in [3.05, 3.63) is 63.6 Å². The molecule has 0 saturated carbocycles. The standard InChI is InChI=1S/C18H19ClN2O4S/c1-21-16-10-9-14(12-17(16)25-18(21)22)26(23,24)20-11-5-4-7-13-6-2-3-8-15(13)19/h2-3,6,8-10,12,20H,4-5,7,11H2,1H3. The Morgan fingerprint density at radius 1 is 1.15 bits per heavy atom. The molecule has 8 heteroatoms. The molecular weight excluding hydrogens is 376 g/mol. The summed E-state index contributed by atoms with van der Waals surface area (Å²) in [4.78, 5) is 11.6. The van der Waals surface area contributed by atoms with Crippen LogP contribution >= 0.6 is 11.6 Å². The van der Waals surface area contributed by atoms with E-state index in [-0.39, 0.29) is 10.5 Å². The number of rotatable bonds is 7. The zero-order valence-electron chi connectivity index (χ0n) is 14.2. The molecule has 0 saturated heterocycles. The lowest BCUT2D eigenvalue weighted by Gasteiger charge is -2.07. The highest BCUT2D eigenvalue weighted by molar-refractivity contribution is 7.89. The van der Waals surface area contributed by atoms with E-state index < -0.39 is 15.8 Å². The fourth-order valence-electron chi connectivity index (χ4n) is 2.71. The van der Waals surface area contributed by atoms with Gasteiger partial charge in [0.05, 0.1) is 10.4 Å². The van der Waals surface area contributed by atoms with Crippen molar-refractivity contribution >= 4 is 32.7 Å². The van der Waals surface area contributed by atoms with Gasteiger partial charge in [-0.25, -0.2) is 17.9 Å². The van der Waals surface area contributed by atoms with E-state index in [2.05, 4.69) is 4.72 Å². The lowest BCUT2D eigenvalue weighted by Crippen LogP contribution is -2.24. The first-order valence-electron chi connectivity index (χ1n) is 8.21. The fourth-order valence-corrected chi connectivity index (χ4v) is 4.03. The van der Waals surface area contributed by atoms with Gasteiger partial charge in [0, 0.05) is 24.7 Å². The van der Waals surface area contributed by atoms with Crippen LogP contribution in [0.3, 0.4) is 0 Å². The fraction of sp³-hybridized carbons (Fsp3) is 0.278. The van der Waals surface area contributed by atoms with E-state index in [1.54, 1.807) is 13.1 Å². The molecule has 1 aromatic heterocycles. The van der Waals surface area contributed by atoms with Gasteiger partial charge in [-0.05, 0) is 43.0 Å². The topological polar surface area (TPSA) is 81.3 Å². The molecule has 1 N–H and O–H groups in total. The molecule has 0 aliphatic heterocycles. The first kappa shape index (κ1) is 18.7. The summed E-state index contributed by atoms with van der Waals surface area (Å²) in [5.41, 5.74) is 1.86. The Labute approximate surface area is 156 Å². The summed E-state index contributed by atoms with van der Waals surface area (Å²) in [7, 11) is -2.09. The van der Waals surface area contributed by atoms with E-state index in [1.165, 1.54) is 16.7 Å². The van der Waals surface area contributed by atoms with Gasteiger partial charge in [-0.15, -0.1) is 0 Å². The second kappa shape index (κ2) is 7.65. The van der Waals surface area contributed by atoms with E-state index in [4.69, 9.17) is 16.0 Å². The molecule has 2 aromatic carbocycles. The molecule has 0 fully saturated rings. The molecule has 1 heterocycles. The number of nitrogens with one attached hydrogen (secondary N) is 1. The van der Waals surface area contributed by atoms with Gasteiger partial charge in [-0.3, -0.25) is 4.57 Å². The maximum Gasteiger partial charge on any atom is 0.419 e. The highest BCUT2D eigenvalue weighted by atomic mass is 35.5. The minimum Gasteiger partial charge on any atom is -0.408 e. The van der Waals surface area contributed by atoms with Crippen molar-refractivity contribution in [2.75, 3.05) is 6.54 Å². The van der Waals surface area contributed by atoms with Crippen molar-refractivity contribution in [3.8, 4) is 0 Å². The van der Waals surface area contributed by atoms with Gasteiger partial charge in [0.15, 0.2) is 5.58 Å². The molecule has 0 aliphatic carbocycles. The number of oxazole rings is 1. The summed E-state index contributed by atoms with van der Waals surface area (Å²) >= 11 is 6.11. The van der Waals surface area contributed by atoms with Crippen molar-refractivity contribution in [2.24, 2.45) is 7.05 Å². The largest absolute Gasteiger partial charge is 0.419 e. The molecule has 6 nitrogen and oxygen atoms in total. The number of unbranched alkanes of at least 4 members (excludes halogenated alkanes) is 1. The molecule has 0 radical (unpaired) electrons. The third kappa shape index (κ3) is 4.00. The average molecular weight is 395 g/mol. The highest BCUT2D eigenvalue weighted by Crippen LogP contribution is 2.19. The third-order valence-electron chi connectivity index (χ3n) is 4.20. The Balaban J connectivity index is 1.59. The van der Waals surface area contributed by atoms with Crippen LogP contribution in [0, 0.1) is 0 Å². The SMILES string of the molecule is Cn1c(=O)oc2cc(S(=O)(=O)NCCCCc3ccccc3Cl)ccc21. The summed E-state index contributed by atoms with van der Waals surface area (Å²) in [5.74, 6) is -0.526. The summed E-state index contributed by atoms with van der Waals surface area (Å²) in [5, 5.41) is 0.728. The van der Waals surface area contributed by atoms with Gasteiger partial charge in [0.1, 0.15) is 0 Å². The van der Waals surface area contributed by atoms with E-state index in [0.717, 1.165) is 23.4 Å². The number of fused-ring (bicyclic) bond motifs is 1. The van der Waals surface area contributed by atoms with Crippen LogP contribution in [0.5, 0.6) is 0 Å². The van der Waals surface area contributed by atoms with Gasteiger partial charge in [-0.1, -0.05) is 29.8 Å². The normalized spacial score (nSPS) is 11.9. The Kier molecular flexibility index (Phi) is 5.50. The van der Waals surface area contributed by atoms with Crippen molar-refractivity contribution in [1.29, 1.82) is 0 Å². The molecular formula is C18H19ClN2O4S. The smallest absolute Gasteiger partial charge is 0.408 e. The predicted octanol–water partition coefficient (Wildman–Crippen LogP) is 3.09. The van der Waals surface area contributed by atoms with Crippen LogP contribution in [0.2, 0.25) is 5.02 Å². The number of sulfonamides is 1. The number of hydrogen-bond acceptors (Lipinski definition) is 4. The minimum absolute atomic E-state index is 0.0745. The van der Waals surface area contributed by atoms with Crippen LogP contribution in [0.1, 0.15) is 18.4 Å². The maximum absolute atomic E-state index is 12.4. The molecule has 0 atom stereocenters. The van der Waals surface area contributed by atoms with Gasteiger partial charge in [-0.2, -0.15) is 0 Å². The summed E-state index contributed by atoms with van der Waals surface area (Å²) < 4.78 is 33.7. The Morgan fingerprint density at radius 3 is 2.69 bits per heavy atom. The van der Waals surface area contributed by atoms with E-state index in [0.29, 0.717) is 18.5 Å². The lowest BCUT2D eigenvalue weighted by atomic mass is 10.1. The lowest BCUT2D eigenvalue weighted by molar-refractivity contribution is 0.527. The van der Waals surface area contributed by atoms with Crippen LogP contribution in [-0.4, -0.2) is 19.5 Å².